The standard InChI is InChI=1S/C21H23N5O3/c1-14(28-17-11-7-8-15-12-21(2,3)29-19(15)17)20(27)22-13-18-23-24-25-26(18)16-9-5-4-6-10-16/h4-11,14H,12-13H2,1-3H3,(H,22,27). The minimum absolute atomic E-state index is 0.185. The van der Waals surface area contributed by atoms with Crippen LogP contribution in [0.5, 0.6) is 11.5 Å². The molecule has 0 saturated heterocycles. The Labute approximate surface area is 168 Å². The van der Waals surface area contributed by atoms with Crippen LogP contribution in [0.15, 0.2) is 48.5 Å². The zero-order valence-corrected chi connectivity index (χ0v) is 16.6. The van der Waals surface area contributed by atoms with Gasteiger partial charge >= 0.3 is 0 Å². The molecule has 150 valence electrons. The highest BCUT2D eigenvalue weighted by Gasteiger charge is 2.33. The number of nitrogens with one attached hydrogen (secondary N) is 1. The summed E-state index contributed by atoms with van der Waals surface area (Å²) < 4.78 is 13.5. The summed E-state index contributed by atoms with van der Waals surface area (Å²) >= 11 is 0. The van der Waals surface area contributed by atoms with Gasteiger partial charge in [0.2, 0.25) is 0 Å². The van der Waals surface area contributed by atoms with Gasteiger partial charge in [0.25, 0.3) is 5.91 Å². The van der Waals surface area contributed by atoms with E-state index in [-0.39, 0.29) is 18.1 Å². The maximum atomic E-state index is 12.6. The highest BCUT2D eigenvalue weighted by molar-refractivity contribution is 5.80. The lowest BCUT2D eigenvalue weighted by Crippen LogP contribution is -2.36. The minimum Gasteiger partial charge on any atom is -0.483 e. The largest absolute Gasteiger partial charge is 0.483 e. The van der Waals surface area contributed by atoms with Gasteiger partial charge in [-0.3, -0.25) is 4.79 Å². The molecule has 4 rings (SSSR count). The molecule has 8 heteroatoms. The van der Waals surface area contributed by atoms with Gasteiger partial charge in [-0.25, -0.2) is 0 Å². The highest BCUT2D eigenvalue weighted by Crippen LogP contribution is 2.42. The molecule has 0 saturated carbocycles. The van der Waals surface area contributed by atoms with E-state index < -0.39 is 6.10 Å². The zero-order chi connectivity index (χ0) is 20.4. The van der Waals surface area contributed by atoms with Crippen LogP contribution in [0, 0.1) is 0 Å². The van der Waals surface area contributed by atoms with Crippen molar-refractivity contribution in [2.45, 2.75) is 45.4 Å². The number of amides is 1. The van der Waals surface area contributed by atoms with Gasteiger partial charge in [-0.2, -0.15) is 4.68 Å². The predicted molar refractivity (Wildman–Crippen MR) is 106 cm³/mol. The Morgan fingerprint density at radius 3 is 2.83 bits per heavy atom. The summed E-state index contributed by atoms with van der Waals surface area (Å²) in [5.74, 6) is 1.56. The Hall–Kier alpha value is -3.42. The van der Waals surface area contributed by atoms with Gasteiger partial charge < -0.3 is 14.8 Å². The van der Waals surface area contributed by atoms with Gasteiger partial charge in [-0.05, 0) is 49.4 Å². The molecule has 0 bridgehead atoms. The van der Waals surface area contributed by atoms with Crippen LogP contribution < -0.4 is 14.8 Å². The molecule has 2 heterocycles. The van der Waals surface area contributed by atoms with Gasteiger partial charge in [0.15, 0.2) is 23.4 Å². The number of hydrogen-bond donors (Lipinski definition) is 1. The van der Waals surface area contributed by atoms with Crippen molar-refractivity contribution in [3.8, 4) is 17.2 Å². The van der Waals surface area contributed by atoms with E-state index in [0.29, 0.717) is 17.3 Å². The summed E-state index contributed by atoms with van der Waals surface area (Å²) in [7, 11) is 0. The normalized spacial score (nSPS) is 15.3. The van der Waals surface area contributed by atoms with Gasteiger partial charge in [0.1, 0.15) is 5.60 Å². The zero-order valence-electron chi connectivity index (χ0n) is 16.6. The molecule has 1 aliphatic heterocycles. The molecule has 1 unspecified atom stereocenters. The predicted octanol–water partition coefficient (Wildman–Crippen LogP) is 2.46. The number of hydrogen-bond acceptors (Lipinski definition) is 6. The molecule has 1 atom stereocenters. The average Bonchev–Trinajstić information content (AvgIpc) is 3.29. The lowest BCUT2D eigenvalue weighted by Gasteiger charge is -2.20. The van der Waals surface area contributed by atoms with Gasteiger partial charge in [0, 0.05) is 12.0 Å². The van der Waals surface area contributed by atoms with Gasteiger partial charge in [0.05, 0.1) is 12.2 Å². The van der Waals surface area contributed by atoms with Gasteiger partial charge in [-0.15, -0.1) is 5.10 Å². The fourth-order valence-electron chi connectivity index (χ4n) is 3.32. The molecule has 0 radical (unpaired) electrons. The van der Waals surface area contributed by atoms with Crippen LogP contribution in [-0.4, -0.2) is 37.8 Å². The summed E-state index contributed by atoms with van der Waals surface area (Å²) in [5, 5.41) is 14.5. The van der Waals surface area contributed by atoms with E-state index in [1.807, 2.05) is 62.4 Å². The van der Waals surface area contributed by atoms with Crippen molar-refractivity contribution in [2.75, 3.05) is 0 Å². The van der Waals surface area contributed by atoms with Crippen molar-refractivity contribution >= 4 is 5.91 Å². The highest BCUT2D eigenvalue weighted by atomic mass is 16.5. The molecule has 0 spiro atoms. The fourth-order valence-corrected chi connectivity index (χ4v) is 3.32. The van der Waals surface area contributed by atoms with E-state index in [0.717, 1.165) is 17.7 Å². The molecular weight excluding hydrogens is 370 g/mol. The lowest BCUT2D eigenvalue weighted by atomic mass is 10.0. The molecule has 1 N–H and O–H groups in total. The average molecular weight is 393 g/mol. The van der Waals surface area contributed by atoms with Crippen LogP contribution in [0.25, 0.3) is 5.69 Å². The van der Waals surface area contributed by atoms with Crippen molar-refractivity contribution in [1.29, 1.82) is 0 Å². The summed E-state index contributed by atoms with van der Waals surface area (Å²) in [6.07, 6.45) is 0.109. The first-order valence-corrected chi connectivity index (χ1v) is 9.51. The third-order valence-corrected chi connectivity index (χ3v) is 4.68. The molecule has 2 aromatic carbocycles. The molecule has 3 aromatic rings. The van der Waals surface area contributed by atoms with Crippen molar-refractivity contribution in [3.05, 3.63) is 59.9 Å². The summed E-state index contributed by atoms with van der Waals surface area (Å²) in [6.45, 7) is 5.95. The molecular formula is C21H23N5O3. The van der Waals surface area contributed by atoms with E-state index in [2.05, 4.69) is 20.8 Å². The molecule has 0 fully saturated rings. The van der Waals surface area contributed by atoms with Crippen molar-refractivity contribution in [2.24, 2.45) is 0 Å². The van der Waals surface area contributed by atoms with Crippen LogP contribution in [0.2, 0.25) is 0 Å². The number of carbonyl (C=O) groups excluding carboxylic acids is 1. The number of ether oxygens (including phenoxy) is 2. The van der Waals surface area contributed by atoms with E-state index >= 15 is 0 Å². The summed E-state index contributed by atoms with van der Waals surface area (Å²) in [6, 6.07) is 15.3. The Bertz CT molecular complexity index is 1020. The lowest BCUT2D eigenvalue weighted by molar-refractivity contribution is -0.127. The summed E-state index contributed by atoms with van der Waals surface area (Å²) in [5.41, 5.74) is 1.63. The minimum atomic E-state index is -0.699. The van der Waals surface area contributed by atoms with Crippen molar-refractivity contribution in [3.63, 3.8) is 0 Å². The Balaban J connectivity index is 1.40. The quantitative estimate of drug-likeness (QED) is 0.692. The Morgan fingerprint density at radius 2 is 2.03 bits per heavy atom. The van der Waals surface area contributed by atoms with Gasteiger partial charge in [-0.1, -0.05) is 30.3 Å². The molecule has 0 aliphatic carbocycles. The first-order chi connectivity index (χ1) is 13.9. The fraction of sp³-hybridized carbons (Fsp3) is 0.333. The SMILES string of the molecule is CC(Oc1cccc2c1OC(C)(C)C2)C(=O)NCc1nnnn1-c1ccccc1. The topological polar surface area (TPSA) is 91.2 Å². The molecule has 1 aromatic heterocycles. The summed E-state index contributed by atoms with van der Waals surface area (Å²) in [4.78, 5) is 12.6. The number of para-hydroxylation sites is 2. The smallest absolute Gasteiger partial charge is 0.261 e. The molecule has 8 nitrogen and oxygen atoms in total. The third-order valence-electron chi connectivity index (χ3n) is 4.68. The Morgan fingerprint density at radius 1 is 1.24 bits per heavy atom. The van der Waals surface area contributed by atoms with E-state index in [1.54, 1.807) is 11.6 Å². The first-order valence-electron chi connectivity index (χ1n) is 9.51. The number of benzene rings is 2. The number of rotatable bonds is 6. The first kappa shape index (κ1) is 18.9. The van der Waals surface area contributed by atoms with E-state index in [4.69, 9.17) is 9.47 Å². The second kappa shape index (κ2) is 7.54. The number of carbonyl (C=O) groups is 1. The maximum Gasteiger partial charge on any atom is 0.261 e. The third kappa shape index (κ3) is 4.06. The van der Waals surface area contributed by atoms with E-state index in [9.17, 15) is 4.79 Å². The van der Waals surface area contributed by atoms with Crippen LogP contribution >= 0.6 is 0 Å². The number of fused-ring (bicyclic) bond motifs is 1. The number of nitrogens with zero attached hydrogens (tertiary/aromatic N) is 4. The van der Waals surface area contributed by atoms with Crippen molar-refractivity contribution in [1.82, 2.24) is 25.5 Å². The van der Waals surface area contributed by atoms with E-state index in [1.165, 1.54) is 0 Å². The van der Waals surface area contributed by atoms with Crippen LogP contribution in [0.3, 0.4) is 0 Å². The Kier molecular flexibility index (Phi) is 4.92. The maximum absolute atomic E-state index is 12.6. The molecule has 1 aliphatic rings. The van der Waals surface area contributed by atoms with Crippen LogP contribution in [0.4, 0.5) is 0 Å². The number of tetrazole rings is 1. The monoisotopic (exact) mass is 393 g/mol. The number of aromatic nitrogens is 4. The second-order valence-electron chi connectivity index (χ2n) is 7.60. The second-order valence-corrected chi connectivity index (χ2v) is 7.60. The van der Waals surface area contributed by atoms with Crippen LogP contribution in [0.1, 0.15) is 32.2 Å². The molecule has 1 amide bonds. The van der Waals surface area contributed by atoms with Crippen LogP contribution in [-0.2, 0) is 17.8 Å². The van der Waals surface area contributed by atoms with Crippen molar-refractivity contribution < 1.29 is 14.3 Å². The molecule has 29 heavy (non-hydrogen) atoms.